The number of ether oxygens (including phenoxy) is 3. The molecule has 0 aliphatic rings. The maximum atomic E-state index is 6.03. The number of nitrogens with zero attached hydrogens (tertiary/aromatic N) is 5. The Morgan fingerprint density at radius 3 is 1.23 bits per heavy atom. The summed E-state index contributed by atoms with van der Waals surface area (Å²) in [5.41, 5.74) is 10.9. The van der Waals surface area contributed by atoms with Gasteiger partial charge < -0.3 is 4.74 Å². The first-order valence-electron chi connectivity index (χ1n) is 32.8. The second kappa shape index (κ2) is 37.5. The van der Waals surface area contributed by atoms with Crippen molar-refractivity contribution < 1.29 is 54.4 Å². The van der Waals surface area contributed by atoms with E-state index < -0.39 is 0 Å². The van der Waals surface area contributed by atoms with Gasteiger partial charge in [-0.3, -0.25) is 9.97 Å². The molecule has 16 rings (SSSR count). The predicted octanol–water partition coefficient (Wildman–Crippen LogP) is 16.9. The molecule has 1 atom stereocenters. The van der Waals surface area contributed by atoms with Crippen molar-refractivity contribution >= 4 is 140 Å². The molecule has 101 heavy (non-hydrogen) atoms. The molecule has 5 radical (unpaired) electrons. The van der Waals surface area contributed by atoms with Crippen LogP contribution >= 0.6 is 9.24 Å². The fraction of sp³-hybridized carbons (Fsp3) is 0.0690. The van der Waals surface area contributed by atoms with Gasteiger partial charge in [0.1, 0.15) is 5.75 Å². The van der Waals surface area contributed by atoms with Gasteiger partial charge >= 0.3 is 249 Å². The van der Waals surface area contributed by atoms with Crippen LogP contribution in [-0.4, -0.2) is 84.2 Å². The molecule has 5 heterocycles. The maximum absolute atomic E-state index is 6.03. The fourth-order valence-corrected chi connectivity index (χ4v) is 13.7. The first kappa shape index (κ1) is 75.3. The van der Waals surface area contributed by atoms with E-state index >= 15 is 0 Å². The Labute approximate surface area is 653 Å². The van der Waals surface area contributed by atoms with Crippen LogP contribution in [0.1, 0.15) is 50.9 Å². The van der Waals surface area contributed by atoms with E-state index in [1.54, 1.807) is 0 Å². The van der Waals surface area contributed by atoms with Gasteiger partial charge in [-0.1, -0.05) is 129 Å². The Bertz CT molecular complexity index is 5110. The van der Waals surface area contributed by atoms with E-state index in [-0.39, 0.29) is 40.2 Å². The average molecular weight is 1860 g/mol. The SMILES string of the molecule is Cc1cc2ccccc2c(Oc2cccc[c]2[AlH])n1.Cc1cc2ccccc2c(Oc2cccc[c]2[GaH])n1.Cc1cc2ccccc2c(Oc2cccc[c]2[InH])n1.Pc1cc2ccccc2c(Cc2[c-]cccc2)n1.[Ir].[Ir].[c-]1ccccc1Cc1nc(Cc2ccccc2)cc2ccccc12. The van der Waals surface area contributed by atoms with E-state index in [0.29, 0.717) is 17.6 Å². The van der Waals surface area contributed by atoms with Crippen LogP contribution in [0.25, 0.3) is 53.9 Å². The second-order valence-corrected chi connectivity index (χ2v) is 28.9. The third-order valence-electron chi connectivity index (χ3n) is 16.2. The molecule has 8 nitrogen and oxygen atoms in total. The van der Waals surface area contributed by atoms with E-state index in [0.717, 1.165) is 150 Å². The molecule has 11 aromatic carbocycles. The summed E-state index contributed by atoms with van der Waals surface area (Å²) in [6, 6.07) is 110. The average Bonchev–Trinajstić information content (AvgIpc) is 0.839. The van der Waals surface area contributed by atoms with Gasteiger partial charge in [-0.25, -0.2) is 4.98 Å². The normalized spacial score (nSPS) is 10.5. The number of aryl methyl sites for hydroxylation is 3. The van der Waals surface area contributed by atoms with E-state index in [2.05, 4.69) is 199 Å². The largest absolute Gasteiger partial charge is 0.257 e. The molecule has 0 bridgehead atoms. The molecule has 5 aromatic heterocycles. The van der Waals surface area contributed by atoms with E-state index in [1.807, 2.05) is 183 Å². The Kier molecular flexibility index (Phi) is 28.0. The molecule has 1 unspecified atom stereocenters. The Morgan fingerprint density at radius 2 is 0.752 bits per heavy atom. The van der Waals surface area contributed by atoms with Gasteiger partial charge in [-0.05, 0) is 71.8 Å². The summed E-state index contributed by atoms with van der Waals surface area (Å²) < 4.78 is 21.7. The zero-order valence-electron chi connectivity index (χ0n) is 56.3. The molecule has 0 spiro atoms. The van der Waals surface area contributed by atoms with Gasteiger partial charge in [0, 0.05) is 74.2 Å². The van der Waals surface area contributed by atoms with E-state index in [1.165, 1.54) is 51.1 Å². The van der Waals surface area contributed by atoms with Gasteiger partial charge in [0.05, 0.1) is 16.8 Å². The fourth-order valence-electron chi connectivity index (χ4n) is 11.5. The standard InChI is InChI=1S/C23H18N.3C16H12NO.C16H13NP.Al.Ga.In.2Ir.3H/c1-3-9-18(10-4-1)15-21-17-20-13-7-8-14-22(20)23(24-21)16-19-11-5-2-6-12-19;3*1-12-11-13-7-5-6-10-15(13)16(17-12)18-14-8-3-2-4-9-14;18-16-11-13-8-4-5-9-14(13)15(17-16)10-12-6-2-1-3-7-12;;;;;;;;/h1-11,13-14,17H,15-16H2;3*2-8,10-11H,1H3;1-6,8-9,11H,10,18H2;;;;;;;;/q-1;;;;-1;;;;;;;;. The van der Waals surface area contributed by atoms with Gasteiger partial charge in [0.2, 0.25) is 22.2 Å². The minimum Gasteiger partial charge on any atom is -0.257 e. The molecule has 0 aliphatic carbocycles. The summed E-state index contributed by atoms with van der Waals surface area (Å²) in [6.07, 6.45) is 2.49. The third kappa shape index (κ3) is 20.9. The summed E-state index contributed by atoms with van der Waals surface area (Å²) in [7, 11) is 2.68. The van der Waals surface area contributed by atoms with Crippen LogP contribution in [0.4, 0.5) is 0 Å². The topological polar surface area (TPSA) is 92.1 Å². The predicted molar refractivity (Wildman–Crippen MR) is 418 cm³/mol. The summed E-state index contributed by atoms with van der Waals surface area (Å²) in [5.74, 6) is 4.77. The summed E-state index contributed by atoms with van der Waals surface area (Å²) in [4.78, 5) is 23.2. The number of para-hydroxylation sites is 3. The van der Waals surface area contributed by atoms with Crippen LogP contribution in [0.5, 0.6) is 34.9 Å². The molecule has 14 heteroatoms. The second-order valence-electron chi connectivity index (χ2n) is 23.8. The van der Waals surface area contributed by atoms with Crippen molar-refractivity contribution in [1.82, 2.24) is 24.9 Å². The molecular formula is C87H70AlGaInIr2N5O3P-2. The quantitative estimate of drug-likeness (QED) is 0.0679. The number of rotatable bonds is 12. The first-order chi connectivity index (χ1) is 48.4. The van der Waals surface area contributed by atoms with Crippen molar-refractivity contribution in [1.29, 1.82) is 0 Å². The summed E-state index contributed by atoms with van der Waals surface area (Å²) in [6.45, 7) is 5.97. The molecule has 0 N–H and O–H groups in total. The molecule has 0 amide bonds. The molecule has 0 fully saturated rings. The molecular weight excluding hydrogens is 1790 g/mol. The summed E-state index contributed by atoms with van der Waals surface area (Å²) >= 11 is 3.61. The molecule has 495 valence electrons. The van der Waals surface area contributed by atoms with E-state index in [4.69, 9.17) is 19.2 Å². The van der Waals surface area contributed by atoms with Gasteiger partial charge in [-0.15, -0.1) is 0 Å². The van der Waals surface area contributed by atoms with Crippen LogP contribution in [0.3, 0.4) is 0 Å². The minimum absolute atomic E-state index is 0. The zero-order chi connectivity index (χ0) is 68.3. The number of fused-ring (bicyclic) bond motifs is 5. The Morgan fingerprint density at radius 1 is 0.376 bits per heavy atom. The molecule has 16 aromatic rings. The minimum atomic E-state index is 0. The number of hydrogen-bond acceptors (Lipinski definition) is 8. The van der Waals surface area contributed by atoms with Crippen molar-refractivity contribution in [2.45, 2.75) is 40.0 Å². The van der Waals surface area contributed by atoms with Crippen molar-refractivity contribution in [2.75, 3.05) is 0 Å². The first-order valence-corrected chi connectivity index (χ1v) is 37.5. The monoisotopic (exact) mass is 1860 g/mol. The Balaban J connectivity index is 0.000000136. The molecule has 0 saturated carbocycles. The Hall–Kier alpha value is -8.36. The van der Waals surface area contributed by atoms with Crippen LogP contribution in [0.15, 0.2) is 303 Å². The van der Waals surface area contributed by atoms with Crippen LogP contribution in [0, 0.1) is 32.9 Å². The number of pyridine rings is 5. The zero-order valence-corrected chi connectivity index (χ0v) is 70.7. The van der Waals surface area contributed by atoms with Gasteiger partial charge in [-0.2, -0.15) is 71.8 Å². The van der Waals surface area contributed by atoms with Crippen molar-refractivity contribution in [3.63, 3.8) is 0 Å². The summed E-state index contributed by atoms with van der Waals surface area (Å²) in [5, 5.41) is 11.6. The number of hydrogen-bond donors (Lipinski definition) is 0. The van der Waals surface area contributed by atoms with Crippen LogP contribution < -0.4 is 31.5 Å². The molecule has 0 aliphatic heterocycles. The smallest absolute Gasteiger partial charge is 0.0578 e. The van der Waals surface area contributed by atoms with Gasteiger partial charge in [0.15, 0.2) is 0 Å². The third-order valence-corrected chi connectivity index (χ3v) is 20.0. The van der Waals surface area contributed by atoms with Crippen molar-refractivity contribution in [2.24, 2.45) is 0 Å². The van der Waals surface area contributed by atoms with Crippen molar-refractivity contribution in [3.8, 4) is 34.9 Å². The maximum Gasteiger partial charge on any atom is 0.0578 e. The van der Waals surface area contributed by atoms with E-state index in [9.17, 15) is 0 Å². The van der Waals surface area contributed by atoms with Crippen LogP contribution in [-0.2, 0) is 59.5 Å². The van der Waals surface area contributed by atoms with Crippen molar-refractivity contribution in [3.05, 3.63) is 366 Å². The van der Waals surface area contributed by atoms with Crippen LogP contribution in [0.2, 0.25) is 0 Å². The molecule has 0 saturated heterocycles. The van der Waals surface area contributed by atoms with Gasteiger partial charge in [0.25, 0.3) is 0 Å². The number of benzene rings is 11. The number of aromatic nitrogens is 5.